The molecule has 3 heteroatoms. The van der Waals surface area contributed by atoms with Crippen molar-refractivity contribution in [3.63, 3.8) is 0 Å². The molecule has 1 atom stereocenters. The number of morpholine rings is 1. The molecule has 2 rings (SSSR count). The van der Waals surface area contributed by atoms with Crippen LogP contribution < -0.4 is 5.32 Å². The molecular weight excluding hydrogens is 154 g/mol. The van der Waals surface area contributed by atoms with Gasteiger partial charge in [0.05, 0.1) is 0 Å². The lowest BCUT2D eigenvalue weighted by atomic mass is 9.95. The van der Waals surface area contributed by atoms with Crippen LogP contribution in [0.25, 0.3) is 0 Å². The SMILES string of the molecule is C[C@H]1COC(=O)C2(CCCC2)N1. The molecule has 0 unspecified atom stereocenters. The zero-order valence-corrected chi connectivity index (χ0v) is 7.43. The molecule has 2 fully saturated rings. The lowest BCUT2D eigenvalue weighted by Crippen LogP contribution is -2.59. The van der Waals surface area contributed by atoms with Gasteiger partial charge in [-0.05, 0) is 19.8 Å². The predicted molar refractivity (Wildman–Crippen MR) is 44.8 cm³/mol. The third-order valence-electron chi connectivity index (χ3n) is 2.83. The molecule has 1 heterocycles. The summed E-state index contributed by atoms with van der Waals surface area (Å²) in [6.07, 6.45) is 4.20. The molecule has 0 aromatic heterocycles. The molecule has 12 heavy (non-hydrogen) atoms. The van der Waals surface area contributed by atoms with Crippen LogP contribution in [-0.4, -0.2) is 24.2 Å². The van der Waals surface area contributed by atoms with E-state index >= 15 is 0 Å². The van der Waals surface area contributed by atoms with E-state index in [1.807, 2.05) is 0 Å². The van der Waals surface area contributed by atoms with Gasteiger partial charge in [-0.1, -0.05) is 12.8 Å². The van der Waals surface area contributed by atoms with Gasteiger partial charge >= 0.3 is 5.97 Å². The molecular formula is C9H15NO2. The van der Waals surface area contributed by atoms with Crippen LogP contribution in [0.5, 0.6) is 0 Å². The van der Waals surface area contributed by atoms with E-state index in [4.69, 9.17) is 4.74 Å². The molecule has 0 bridgehead atoms. The quantitative estimate of drug-likeness (QED) is 0.546. The highest BCUT2D eigenvalue weighted by Gasteiger charge is 2.45. The molecule has 1 saturated heterocycles. The fourth-order valence-corrected chi connectivity index (χ4v) is 2.24. The number of esters is 1. The van der Waals surface area contributed by atoms with E-state index in [9.17, 15) is 4.79 Å². The van der Waals surface area contributed by atoms with Crippen molar-refractivity contribution in [2.24, 2.45) is 0 Å². The molecule has 1 spiro atoms. The average molecular weight is 169 g/mol. The van der Waals surface area contributed by atoms with Crippen molar-refractivity contribution in [1.82, 2.24) is 5.32 Å². The van der Waals surface area contributed by atoms with E-state index in [1.165, 1.54) is 0 Å². The zero-order chi connectivity index (χ0) is 8.60. The summed E-state index contributed by atoms with van der Waals surface area (Å²) in [7, 11) is 0. The maximum Gasteiger partial charge on any atom is 0.326 e. The minimum Gasteiger partial charge on any atom is -0.463 e. The average Bonchev–Trinajstić information content (AvgIpc) is 2.48. The predicted octanol–water partition coefficient (Wildman–Crippen LogP) is 0.834. The summed E-state index contributed by atoms with van der Waals surface area (Å²) >= 11 is 0. The van der Waals surface area contributed by atoms with Crippen LogP contribution in [0.4, 0.5) is 0 Å². The van der Waals surface area contributed by atoms with Gasteiger partial charge in [0.2, 0.25) is 0 Å². The van der Waals surface area contributed by atoms with Gasteiger partial charge in [-0.15, -0.1) is 0 Å². The number of carbonyl (C=O) groups is 1. The lowest BCUT2D eigenvalue weighted by Gasteiger charge is -2.36. The Morgan fingerprint density at radius 1 is 1.50 bits per heavy atom. The molecule has 1 aliphatic heterocycles. The van der Waals surface area contributed by atoms with Crippen LogP contribution >= 0.6 is 0 Å². The van der Waals surface area contributed by atoms with Gasteiger partial charge in [0.15, 0.2) is 0 Å². The first-order chi connectivity index (χ1) is 5.73. The van der Waals surface area contributed by atoms with E-state index in [1.54, 1.807) is 0 Å². The number of hydrogen-bond acceptors (Lipinski definition) is 3. The van der Waals surface area contributed by atoms with Crippen LogP contribution in [0.2, 0.25) is 0 Å². The number of ether oxygens (including phenoxy) is 1. The van der Waals surface area contributed by atoms with E-state index in [2.05, 4.69) is 12.2 Å². The van der Waals surface area contributed by atoms with Crippen molar-refractivity contribution in [3.05, 3.63) is 0 Å². The van der Waals surface area contributed by atoms with E-state index in [-0.39, 0.29) is 11.5 Å². The normalized spacial score (nSPS) is 33.8. The molecule has 68 valence electrons. The Bertz CT molecular complexity index is 197. The van der Waals surface area contributed by atoms with Crippen LogP contribution in [0, 0.1) is 0 Å². The summed E-state index contributed by atoms with van der Waals surface area (Å²) in [5, 5.41) is 3.37. The summed E-state index contributed by atoms with van der Waals surface area (Å²) in [5.74, 6) is -0.0295. The van der Waals surface area contributed by atoms with Gasteiger partial charge in [-0.25, -0.2) is 0 Å². The fraction of sp³-hybridized carbons (Fsp3) is 0.889. The van der Waals surface area contributed by atoms with Gasteiger partial charge in [0, 0.05) is 6.04 Å². The Kier molecular flexibility index (Phi) is 1.83. The molecule has 2 aliphatic rings. The molecule has 1 saturated carbocycles. The summed E-state index contributed by atoms with van der Waals surface area (Å²) in [6, 6.07) is 0.320. The summed E-state index contributed by atoms with van der Waals surface area (Å²) < 4.78 is 5.13. The second-order valence-corrected chi connectivity index (χ2v) is 3.93. The number of rotatable bonds is 0. The Labute approximate surface area is 72.5 Å². The van der Waals surface area contributed by atoms with Crippen molar-refractivity contribution < 1.29 is 9.53 Å². The van der Waals surface area contributed by atoms with Crippen LogP contribution in [0.1, 0.15) is 32.6 Å². The second-order valence-electron chi connectivity index (χ2n) is 3.93. The summed E-state index contributed by atoms with van der Waals surface area (Å²) in [5.41, 5.74) is -0.308. The molecule has 1 aliphatic carbocycles. The van der Waals surface area contributed by atoms with Crippen LogP contribution in [0.3, 0.4) is 0 Å². The summed E-state index contributed by atoms with van der Waals surface area (Å²) in [6.45, 7) is 2.59. The number of hydrogen-bond donors (Lipinski definition) is 1. The van der Waals surface area contributed by atoms with Crippen LogP contribution in [-0.2, 0) is 9.53 Å². The monoisotopic (exact) mass is 169 g/mol. The fourth-order valence-electron chi connectivity index (χ4n) is 2.24. The highest BCUT2D eigenvalue weighted by Crippen LogP contribution is 2.32. The maximum absolute atomic E-state index is 11.5. The summed E-state index contributed by atoms with van der Waals surface area (Å²) in [4.78, 5) is 11.5. The number of cyclic esters (lactones) is 1. The minimum atomic E-state index is -0.308. The Morgan fingerprint density at radius 2 is 2.17 bits per heavy atom. The van der Waals surface area contributed by atoms with E-state index in [0.29, 0.717) is 12.6 Å². The highest BCUT2D eigenvalue weighted by atomic mass is 16.5. The smallest absolute Gasteiger partial charge is 0.326 e. The van der Waals surface area contributed by atoms with Crippen molar-refractivity contribution in [2.45, 2.75) is 44.2 Å². The Morgan fingerprint density at radius 3 is 2.83 bits per heavy atom. The standard InChI is InChI=1S/C9H15NO2/c1-7-6-12-8(11)9(10-7)4-2-3-5-9/h7,10H,2-6H2,1H3/t7-/m0/s1. The van der Waals surface area contributed by atoms with Crippen molar-refractivity contribution in [1.29, 1.82) is 0 Å². The first-order valence-electron chi connectivity index (χ1n) is 4.68. The first kappa shape index (κ1) is 8.05. The number of carbonyl (C=O) groups excluding carboxylic acids is 1. The van der Waals surface area contributed by atoms with Crippen LogP contribution in [0.15, 0.2) is 0 Å². The van der Waals surface area contributed by atoms with Gasteiger partial charge in [-0.2, -0.15) is 0 Å². The van der Waals surface area contributed by atoms with E-state index in [0.717, 1.165) is 25.7 Å². The Hall–Kier alpha value is -0.570. The van der Waals surface area contributed by atoms with Crippen molar-refractivity contribution in [2.75, 3.05) is 6.61 Å². The molecule has 0 aromatic rings. The highest BCUT2D eigenvalue weighted by molar-refractivity contribution is 5.82. The lowest BCUT2D eigenvalue weighted by molar-refractivity contribution is -0.158. The van der Waals surface area contributed by atoms with Crippen molar-refractivity contribution in [3.8, 4) is 0 Å². The van der Waals surface area contributed by atoms with Crippen molar-refractivity contribution >= 4 is 5.97 Å². The molecule has 0 aromatic carbocycles. The first-order valence-corrected chi connectivity index (χ1v) is 4.68. The third-order valence-corrected chi connectivity index (χ3v) is 2.83. The van der Waals surface area contributed by atoms with Gasteiger partial charge < -0.3 is 4.74 Å². The Balaban J connectivity index is 2.14. The van der Waals surface area contributed by atoms with Gasteiger partial charge in [0.1, 0.15) is 12.1 Å². The topological polar surface area (TPSA) is 38.3 Å². The second kappa shape index (κ2) is 2.73. The molecule has 0 amide bonds. The van der Waals surface area contributed by atoms with E-state index < -0.39 is 0 Å². The maximum atomic E-state index is 11.5. The minimum absolute atomic E-state index is 0.0295. The number of nitrogens with one attached hydrogen (secondary N) is 1. The molecule has 0 radical (unpaired) electrons. The van der Waals surface area contributed by atoms with Gasteiger partial charge in [-0.3, -0.25) is 10.1 Å². The largest absolute Gasteiger partial charge is 0.463 e. The molecule has 1 N–H and O–H groups in total. The van der Waals surface area contributed by atoms with Gasteiger partial charge in [0.25, 0.3) is 0 Å². The molecule has 3 nitrogen and oxygen atoms in total. The third kappa shape index (κ3) is 1.12. The zero-order valence-electron chi connectivity index (χ0n) is 7.43.